The molecule has 0 aliphatic rings. The zero-order valence-electron chi connectivity index (χ0n) is 11.8. The molecule has 0 heterocycles. The largest absolute Gasteiger partial charge is 0.497 e. The van der Waals surface area contributed by atoms with Gasteiger partial charge in [0.15, 0.2) is 0 Å². The third-order valence-corrected chi connectivity index (χ3v) is 3.28. The topological polar surface area (TPSA) is 32.7 Å². The number of aliphatic hydroxyl groups is 1. The number of hydrogen-bond acceptors (Lipinski definition) is 3. The molecule has 1 N–H and O–H groups in total. The maximum Gasteiger partial charge on any atom is 0.147 e. The lowest BCUT2D eigenvalue weighted by molar-refractivity contribution is 0.199. The first-order chi connectivity index (χ1) is 9.52. The number of aliphatic hydroxyl groups excluding tert-OH is 1. The van der Waals surface area contributed by atoms with Gasteiger partial charge in [-0.1, -0.05) is 6.07 Å². The summed E-state index contributed by atoms with van der Waals surface area (Å²) < 4.78 is 19.2. The van der Waals surface area contributed by atoms with Gasteiger partial charge in [0.05, 0.1) is 18.9 Å². The van der Waals surface area contributed by atoms with Gasteiger partial charge in [-0.25, -0.2) is 4.39 Å². The highest BCUT2D eigenvalue weighted by molar-refractivity contribution is 5.64. The number of halogens is 1. The highest BCUT2D eigenvalue weighted by Gasteiger charge is 2.12. The Kier molecular flexibility index (Phi) is 4.25. The van der Waals surface area contributed by atoms with Crippen molar-refractivity contribution in [3.63, 3.8) is 0 Å². The number of rotatable bonds is 4. The standard InChI is InChI=1S/C16H18FNO2/c1-11(19)12-4-9-16(15(17)10-12)18(2)13-5-7-14(20-3)8-6-13/h4-11,19H,1-3H3. The minimum Gasteiger partial charge on any atom is -0.497 e. The van der Waals surface area contributed by atoms with Crippen LogP contribution >= 0.6 is 0 Å². The lowest BCUT2D eigenvalue weighted by Crippen LogP contribution is -2.11. The van der Waals surface area contributed by atoms with Gasteiger partial charge < -0.3 is 14.7 Å². The molecular formula is C16H18FNO2. The summed E-state index contributed by atoms with van der Waals surface area (Å²) in [6.07, 6.45) is -0.676. The molecule has 0 saturated heterocycles. The van der Waals surface area contributed by atoms with Crippen LogP contribution < -0.4 is 9.64 Å². The van der Waals surface area contributed by atoms with Crippen LogP contribution in [0.25, 0.3) is 0 Å². The lowest BCUT2D eigenvalue weighted by Gasteiger charge is -2.21. The first-order valence-corrected chi connectivity index (χ1v) is 6.38. The van der Waals surface area contributed by atoms with Gasteiger partial charge >= 0.3 is 0 Å². The van der Waals surface area contributed by atoms with Gasteiger partial charge in [-0.2, -0.15) is 0 Å². The van der Waals surface area contributed by atoms with Crippen LogP contribution in [0.3, 0.4) is 0 Å². The predicted octanol–water partition coefficient (Wildman–Crippen LogP) is 3.66. The number of nitrogens with zero attached hydrogens (tertiary/aromatic N) is 1. The normalized spacial score (nSPS) is 12.1. The smallest absolute Gasteiger partial charge is 0.147 e. The highest BCUT2D eigenvalue weighted by atomic mass is 19.1. The molecule has 2 rings (SSSR count). The van der Waals surface area contributed by atoms with Gasteiger partial charge in [-0.05, 0) is 48.9 Å². The summed E-state index contributed by atoms with van der Waals surface area (Å²) >= 11 is 0. The Morgan fingerprint density at radius 3 is 2.30 bits per heavy atom. The molecule has 3 nitrogen and oxygen atoms in total. The predicted molar refractivity (Wildman–Crippen MR) is 78.1 cm³/mol. The van der Waals surface area contributed by atoms with E-state index in [0.29, 0.717) is 11.3 Å². The van der Waals surface area contributed by atoms with Crippen molar-refractivity contribution in [2.75, 3.05) is 19.1 Å². The second kappa shape index (κ2) is 5.92. The molecule has 2 aromatic rings. The van der Waals surface area contributed by atoms with Crippen LogP contribution in [0.2, 0.25) is 0 Å². The van der Waals surface area contributed by atoms with Gasteiger partial charge in [0.25, 0.3) is 0 Å². The van der Waals surface area contributed by atoms with Crippen molar-refractivity contribution in [2.45, 2.75) is 13.0 Å². The number of anilines is 2. The van der Waals surface area contributed by atoms with E-state index in [9.17, 15) is 9.50 Å². The summed E-state index contributed by atoms with van der Waals surface area (Å²) in [5.74, 6) is 0.397. The number of ether oxygens (including phenoxy) is 1. The van der Waals surface area contributed by atoms with E-state index < -0.39 is 6.10 Å². The highest BCUT2D eigenvalue weighted by Crippen LogP contribution is 2.29. The molecule has 20 heavy (non-hydrogen) atoms. The first kappa shape index (κ1) is 14.3. The quantitative estimate of drug-likeness (QED) is 0.924. The van der Waals surface area contributed by atoms with Crippen molar-refractivity contribution >= 4 is 11.4 Å². The van der Waals surface area contributed by atoms with Gasteiger partial charge in [-0.15, -0.1) is 0 Å². The molecule has 0 saturated carbocycles. The van der Waals surface area contributed by atoms with E-state index in [2.05, 4.69) is 0 Å². The maximum atomic E-state index is 14.1. The Bertz CT molecular complexity index is 582. The van der Waals surface area contributed by atoms with Crippen LogP contribution in [0.5, 0.6) is 5.75 Å². The van der Waals surface area contributed by atoms with Crippen molar-refractivity contribution in [1.82, 2.24) is 0 Å². The van der Waals surface area contributed by atoms with E-state index in [4.69, 9.17) is 4.74 Å². The van der Waals surface area contributed by atoms with Gasteiger partial charge in [0.1, 0.15) is 11.6 Å². The molecule has 0 fully saturated rings. The zero-order chi connectivity index (χ0) is 14.7. The molecule has 4 heteroatoms. The lowest BCUT2D eigenvalue weighted by atomic mass is 10.1. The van der Waals surface area contributed by atoms with Crippen LogP contribution in [0.4, 0.5) is 15.8 Å². The Labute approximate surface area is 118 Å². The molecule has 0 aliphatic carbocycles. The Morgan fingerprint density at radius 2 is 1.80 bits per heavy atom. The van der Waals surface area contributed by atoms with Crippen molar-refractivity contribution < 1.29 is 14.2 Å². The summed E-state index contributed by atoms with van der Waals surface area (Å²) in [6.45, 7) is 1.61. The fourth-order valence-electron chi connectivity index (χ4n) is 2.00. The monoisotopic (exact) mass is 275 g/mol. The fraction of sp³-hybridized carbons (Fsp3) is 0.250. The maximum absolute atomic E-state index is 14.1. The summed E-state index contributed by atoms with van der Waals surface area (Å²) in [5.41, 5.74) is 1.88. The number of benzene rings is 2. The molecule has 106 valence electrons. The summed E-state index contributed by atoms with van der Waals surface area (Å²) in [6, 6.07) is 12.1. The van der Waals surface area contributed by atoms with E-state index in [0.717, 1.165) is 11.4 Å². The molecule has 0 aliphatic heterocycles. The number of hydrogen-bond donors (Lipinski definition) is 1. The SMILES string of the molecule is COc1ccc(N(C)c2ccc(C(C)O)cc2F)cc1. The molecule has 1 atom stereocenters. The zero-order valence-corrected chi connectivity index (χ0v) is 11.8. The molecule has 0 amide bonds. The minimum atomic E-state index is -0.676. The summed E-state index contributed by atoms with van der Waals surface area (Å²) in [7, 11) is 3.40. The molecule has 0 aromatic heterocycles. The molecule has 0 radical (unpaired) electrons. The van der Waals surface area contributed by atoms with Crippen LogP contribution in [0.1, 0.15) is 18.6 Å². The van der Waals surface area contributed by atoms with E-state index in [-0.39, 0.29) is 5.82 Å². The Hall–Kier alpha value is -2.07. The van der Waals surface area contributed by atoms with Crippen LogP contribution in [0.15, 0.2) is 42.5 Å². The van der Waals surface area contributed by atoms with E-state index in [1.54, 1.807) is 38.1 Å². The second-order valence-corrected chi connectivity index (χ2v) is 4.64. The van der Waals surface area contributed by atoms with Crippen molar-refractivity contribution in [3.05, 3.63) is 53.8 Å². The van der Waals surface area contributed by atoms with E-state index in [1.165, 1.54) is 6.07 Å². The third kappa shape index (κ3) is 2.91. The first-order valence-electron chi connectivity index (χ1n) is 6.38. The average molecular weight is 275 g/mol. The summed E-state index contributed by atoms with van der Waals surface area (Å²) in [5, 5.41) is 9.46. The minimum absolute atomic E-state index is 0.360. The van der Waals surface area contributed by atoms with Crippen molar-refractivity contribution in [3.8, 4) is 5.75 Å². The van der Waals surface area contributed by atoms with Crippen molar-refractivity contribution in [2.24, 2.45) is 0 Å². The van der Waals surface area contributed by atoms with Crippen molar-refractivity contribution in [1.29, 1.82) is 0 Å². The summed E-state index contributed by atoms with van der Waals surface area (Å²) in [4.78, 5) is 1.75. The molecule has 1 unspecified atom stereocenters. The van der Waals surface area contributed by atoms with E-state index >= 15 is 0 Å². The fourth-order valence-corrected chi connectivity index (χ4v) is 2.00. The second-order valence-electron chi connectivity index (χ2n) is 4.64. The Morgan fingerprint density at radius 1 is 1.15 bits per heavy atom. The van der Waals surface area contributed by atoms with Crippen LogP contribution in [-0.4, -0.2) is 19.3 Å². The molecule has 0 bridgehead atoms. The molecule has 0 spiro atoms. The van der Waals surface area contributed by atoms with Gasteiger partial charge in [0, 0.05) is 12.7 Å². The van der Waals surface area contributed by atoms with E-state index in [1.807, 2.05) is 24.3 Å². The van der Waals surface area contributed by atoms with Gasteiger partial charge in [0.2, 0.25) is 0 Å². The van der Waals surface area contributed by atoms with Crippen LogP contribution in [-0.2, 0) is 0 Å². The average Bonchev–Trinajstić information content (AvgIpc) is 2.46. The van der Waals surface area contributed by atoms with Gasteiger partial charge in [-0.3, -0.25) is 0 Å². The number of methoxy groups -OCH3 is 1. The molecular weight excluding hydrogens is 257 g/mol. The van der Waals surface area contributed by atoms with Crippen LogP contribution in [0, 0.1) is 5.82 Å². The molecule has 2 aromatic carbocycles. The third-order valence-electron chi connectivity index (χ3n) is 3.28. The Balaban J connectivity index is 2.30.